The van der Waals surface area contributed by atoms with E-state index in [0.717, 1.165) is 5.56 Å². The molecule has 0 bridgehead atoms. The van der Waals surface area contributed by atoms with Gasteiger partial charge in [0.15, 0.2) is 0 Å². The molecule has 0 saturated heterocycles. The highest BCUT2D eigenvalue weighted by Gasteiger charge is 2.19. The van der Waals surface area contributed by atoms with Gasteiger partial charge in [0, 0.05) is 11.6 Å². The Bertz CT molecular complexity index is 746. The Hall–Kier alpha value is -0.630. The molecule has 8 heteroatoms. The van der Waals surface area contributed by atoms with E-state index in [1.54, 1.807) is 6.92 Å². The fraction of sp³-hybridized carbons (Fsp3) is 0.286. The van der Waals surface area contributed by atoms with Gasteiger partial charge >= 0.3 is 0 Å². The van der Waals surface area contributed by atoms with Gasteiger partial charge in [0.25, 0.3) is 0 Å². The van der Waals surface area contributed by atoms with Crippen molar-refractivity contribution in [2.75, 3.05) is 6.54 Å². The molecule has 22 heavy (non-hydrogen) atoms. The summed E-state index contributed by atoms with van der Waals surface area (Å²) >= 11 is 13.3. The number of thiophene rings is 1. The second-order valence-electron chi connectivity index (χ2n) is 4.79. The molecule has 0 amide bonds. The molecule has 0 radical (unpaired) electrons. The number of rotatable bonds is 6. The molecule has 0 spiro atoms. The zero-order valence-electron chi connectivity index (χ0n) is 11.7. The number of aliphatic hydroxyl groups is 1. The van der Waals surface area contributed by atoms with Crippen LogP contribution in [0.4, 0.5) is 0 Å². The standard InChI is InChI=1S/C14H15Cl2NO3S2/c1-9-6-14(12(16)7-11(9)15)22(19,20)17-4-2-13(18)10-3-5-21-8-10/h3,5-8,13,17-18H,2,4H2,1H3. The van der Waals surface area contributed by atoms with Crippen LogP contribution in [0.3, 0.4) is 0 Å². The molecule has 1 aromatic heterocycles. The lowest BCUT2D eigenvalue weighted by Gasteiger charge is -2.12. The predicted molar refractivity (Wildman–Crippen MR) is 90.3 cm³/mol. The molecule has 0 aliphatic heterocycles. The SMILES string of the molecule is Cc1cc(S(=O)(=O)NCCC(O)c2ccsc2)c(Cl)cc1Cl. The highest BCUT2D eigenvalue weighted by atomic mass is 35.5. The third kappa shape index (κ3) is 4.22. The van der Waals surface area contributed by atoms with Crippen molar-refractivity contribution < 1.29 is 13.5 Å². The molecule has 0 saturated carbocycles. The minimum atomic E-state index is -3.74. The Labute approximate surface area is 143 Å². The normalized spacial score (nSPS) is 13.3. The Balaban J connectivity index is 2.04. The molecule has 0 aliphatic carbocycles. The van der Waals surface area contributed by atoms with Gasteiger partial charge in [0.1, 0.15) is 4.90 Å². The largest absolute Gasteiger partial charge is 0.388 e. The molecule has 2 N–H and O–H groups in total. The number of aryl methyl sites for hydroxylation is 1. The van der Waals surface area contributed by atoms with Crippen molar-refractivity contribution in [1.29, 1.82) is 0 Å². The lowest BCUT2D eigenvalue weighted by Crippen LogP contribution is -2.26. The molecule has 0 fully saturated rings. The lowest BCUT2D eigenvalue weighted by atomic mass is 10.1. The van der Waals surface area contributed by atoms with Gasteiger partial charge < -0.3 is 5.11 Å². The van der Waals surface area contributed by atoms with E-state index in [1.165, 1.54) is 23.5 Å². The Kier molecular flexibility index (Phi) is 5.87. The highest BCUT2D eigenvalue weighted by molar-refractivity contribution is 7.89. The summed E-state index contributed by atoms with van der Waals surface area (Å²) in [7, 11) is -3.74. The second-order valence-corrected chi connectivity index (χ2v) is 8.12. The van der Waals surface area contributed by atoms with Crippen LogP contribution in [-0.2, 0) is 10.0 Å². The summed E-state index contributed by atoms with van der Waals surface area (Å²) in [6, 6.07) is 4.65. The van der Waals surface area contributed by atoms with Crippen molar-refractivity contribution in [2.45, 2.75) is 24.3 Å². The molecule has 120 valence electrons. The van der Waals surface area contributed by atoms with E-state index in [0.29, 0.717) is 10.6 Å². The van der Waals surface area contributed by atoms with Crippen molar-refractivity contribution >= 4 is 44.6 Å². The van der Waals surface area contributed by atoms with Crippen LogP contribution in [0.1, 0.15) is 23.7 Å². The van der Waals surface area contributed by atoms with Crippen LogP contribution in [0.5, 0.6) is 0 Å². The van der Waals surface area contributed by atoms with Crippen molar-refractivity contribution in [3.8, 4) is 0 Å². The van der Waals surface area contributed by atoms with Gasteiger partial charge in [-0.2, -0.15) is 11.3 Å². The molecular weight excluding hydrogens is 365 g/mol. The maximum Gasteiger partial charge on any atom is 0.242 e. The van der Waals surface area contributed by atoms with Crippen LogP contribution in [0, 0.1) is 6.92 Å². The summed E-state index contributed by atoms with van der Waals surface area (Å²) < 4.78 is 27.0. The van der Waals surface area contributed by atoms with E-state index in [-0.39, 0.29) is 22.9 Å². The first kappa shape index (κ1) is 17.7. The molecule has 2 aromatic rings. The third-order valence-electron chi connectivity index (χ3n) is 3.14. The summed E-state index contributed by atoms with van der Waals surface area (Å²) in [5.74, 6) is 0. The number of hydrogen-bond acceptors (Lipinski definition) is 4. The van der Waals surface area contributed by atoms with E-state index in [9.17, 15) is 13.5 Å². The van der Waals surface area contributed by atoms with E-state index in [2.05, 4.69) is 4.72 Å². The molecular formula is C14H15Cl2NO3S2. The van der Waals surface area contributed by atoms with Crippen LogP contribution in [0.25, 0.3) is 0 Å². The van der Waals surface area contributed by atoms with E-state index >= 15 is 0 Å². The predicted octanol–water partition coefficient (Wildman–Crippen LogP) is 3.77. The monoisotopic (exact) mass is 379 g/mol. The molecule has 1 atom stereocenters. The number of hydrogen-bond donors (Lipinski definition) is 2. The summed E-state index contributed by atoms with van der Waals surface area (Å²) in [4.78, 5) is -0.0129. The van der Waals surface area contributed by atoms with Gasteiger partial charge in [-0.3, -0.25) is 0 Å². The fourth-order valence-corrected chi connectivity index (χ4v) is 4.46. The first-order valence-electron chi connectivity index (χ1n) is 6.47. The number of benzene rings is 1. The second kappa shape index (κ2) is 7.29. The minimum absolute atomic E-state index is 0.0129. The summed E-state index contributed by atoms with van der Waals surface area (Å²) in [5, 5.41) is 14.1. The molecule has 1 aromatic carbocycles. The number of aliphatic hydroxyl groups excluding tert-OH is 1. The van der Waals surface area contributed by atoms with Crippen LogP contribution < -0.4 is 4.72 Å². The summed E-state index contributed by atoms with van der Waals surface area (Å²) in [5.41, 5.74) is 1.41. The third-order valence-corrected chi connectivity index (χ3v) is 6.17. The number of sulfonamides is 1. The smallest absolute Gasteiger partial charge is 0.242 e. The first-order chi connectivity index (χ1) is 10.3. The Morgan fingerprint density at radius 3 is 2.68 bits per heavy atom. The minimum Gasteiger partial charge on any atom is -0.388 e. The maximum atomic E-state index is 12.3. The lowest BCUT2D eigenvalue weighted by molar-refractivity contribution is 0.169. The number of halogens is 2. The average molecular weight is 380 g/mol. The topological polar surface area (TPSA) is 66.4 Å². The van der Waals surface area contributed by atoms with Gasteiger partial charge in [-0.25, -0.2) is 13.1 Å². The molecule has 1 unspecified atom stereocenters. The van der Waals surface area contributed by atoms with Crippen LogP contribution in [0.2, 0.25) is 10.0 Å². The summed E-state index contributed by atoms with van der Waals surface area (Å²) in [6.07, 6.45) is -0.420. The maximum absolute atomic E-state index is 12.3. The van der Waals surface area contributed by atoms with Crippen LogP contribution in [-0.4, -0.2) is 20.1 Å². The van der Waals surface area contributed by atoms with Crippen molar-refractivity contribution in [3.63, 3.8) is 0 Å². The van der Waals surface area contributed by atoms with Crippen LogP contribution >= 0.6 is 34.5 Å². The van der Waals surface area contributed by atoms with Gasteiger partial charge in [0.2, 0.25) is 10.0 Å². The zero-order valence-corrected chi connectivity index (χ0v) is 14.9. The highest BCUT2D eigenvalue weighted by Crippen LogP contribution is 2.28. The van der Waals surface area contributed by atoms with Crippen molar-refractivity contribution in [1.82, 2.24) is 4.72 Å². The van der Waals surface area contributed by atoms with Crippen molar-refractivity contribution in [3.05, 3.63) is 50.1 Å². The quantitative estimate of drug-likeness (QED) is 0.802. The van der Waals surface area contributed by atoms with Gasteiger partial charge in [-0.15, -0.1) is 0 Å². The van der Waals surface area contributed by atoms with Crippen molar-refractivity contribution in [2.24, 2.45) is 0 Å². The van der Waals surface area contributed by atoms with E-state index < -0.39 is 16.1 Å². The molecule has 4 nitrogen and oxygen atoms in total. The molecule has 1 heterocycles. The van der Waals surface area contributed by atoms with Crippen LogP contribution in [0.15, 0.2) is 33.9 Å². The Morgan fingerprint density at radius 2 is 2.05 bits per heavy atom. The van der Waals surface area contributed by atoms with Gasteiger partial charge in [-0.1, -0.05) is 23.2 Å². The van der Waals surface area contributed by atoms with Gasteiger partial charge in [-0.05, 0) is 53.4 Å². The zero-order chi connectivity index (χ0) is 16.3. The fourth-order valence-electron chi connectivity index (χ4n) is 1.88. The van der Waals surface area contributed by atoms with E-state index in [1.807, 2.05) is 16.8 Å². The van der Waals surface area contributed by atoms with E-state index in [4.69, 9.17) is 23.2 Å². The summed E-state index contributed by atoms with van der Waals surface area (Å²) in [6.45, 7) is 1.81. The molecule has 0 aliphatic rings. The average Bonchev–Trinajstić information content (AvgIpc) is 2.96. The Morgan fingerprint density at radius 1 is 1.32 bits per heavy atom. The molecule has 2 rings (SSSR count). The number of nitrogens with one attached hydrogen (secondary N) is 1. The first-order valence-corrected chi connectivity index (χ1v) is 9.65. The van der Waals surface area contributed by atoms with Gasteiger partial charge in [0.05, 0.1) is 11.1 Å².